The molecule has 1 aromatic heterocycles. The highest BCUT2D eigenvalue weighted by atomic mass is 16.6. The third-order valence-corrected chi connectivity index (χ3v) is 1.91. The molecule has 0 saturated heterocycles. The number of nitro groups is 1. The SMILES string of the molecule is C=CCCCCn1ccnc1[N+](=O)[O-]. The van der Waals surface area contributed by atoms with Gasteiger partial charge in [-0.1, -0.05) is 11.1 Å². The van der Waals surface area contributed by atoms with Crippen LogP contribution in [-0.4, -0.2) is 14.5 Å². The molecule has 0 N–H and O–H groups in total. The van der Waals surface area contributed by atoms with Crippen LogP contribution in [0.3, 0.4) is 0 Å². The highest BCUT2D eigenvalue weighted by Gasteiger charge is 2.12. The molecule has 5 heteroatoms. The largest absolute Gasteiger partial charge is 0.434 e. The maximum absolute atomic E-state index is 10.5. The minimum Gasteiger partial charge on any atom is -0.390 e. The zero-order valence-corrected chi connectivity index (χ0v) is 7.93. The van der Waals surface area contributed by atoms with Gasteiger partial charge in [0.25, 0.3) is 0 Å². The maximum atomic E-state index is 10.5. The van der Waals surface area contributed by atoms with Gasteiger partial charge in [-0.15, -0.1) is 6.58 Å². The van der Waals surface area contributed by atoms with Crippen molar-refractivity contribution in [2.75, 3.05) is 0 Å². The molecule has 0 atom stereocenters. The van der Waals surface area contributed by atoms with Crippen molar-refractivity contribution in [2.24, 2.45) is 0 Å². The van der Waals surface area contributed by atoms with Crippen LogP contribution < -0.4 is 0 Å². The van der Waals surface area contributed by atoms with Crippen LogP contribution in [0.2, 0.25) is 0 Å². The van der Waals surface area contributed by atoms with E-state index in [-0.39, 0.29) is 5.95 Å². The molecule has 0 fully saturated rings. The Labute approximate surface area is 82.2 Å². The van der Waals surface area contributed by atoms with Crippen LogP contribution in [-0.2, 0) is 6.54 Å². The monoisotopic (exact) mass is 195 g/mol. The molecule has 0 amide bonds. The molecule has 0 radical (unpaired) electrons. The quantitative estimate of drug-likeness (QED) is 0.302. The fraction of sp³-hybridized carbons (Fsp3) is 0.444. The van der Waals surface area contributed by atoms with E-state index in [4.69, 9.17) is 0 Å². The van der Waals surface area contributed by atoms with Gasteiger partial charge < -0.3 is 10.1 Å². The summed E-state index contributed by atoms with van der Waals surface area (Å²) in [6.45, 7) is 4.26. The van der Waals surface area contributed by atoms with E-state index in [2.05, 4.69) is 11.6 Å². The van der Waals surface area contributed by atoms with E-state index in [1.807, 2.05) is 6.08 Å². The zero-order chi connectivity index (χ0) is 10.4. The minimum absolute atomic E-state index is 0.0800. The van der Waals surface area contributed by atoms with Gasteiger partial charge in [0.15, 0.2) is 0 Å². The molecule has 1 aromatic rings. The van der Waals surface area contributed by atoms with Gasteiger partial charge in [-0.25, -0.2) is 4.57 Å². The van der Waals surface area contributed by atoms with Crippen LogP contribution >= 0.6 is 0 Å². The minimum atomic E-state index is -0.465. The second-order valence-electron chi connectivity index (χ2n) is 2.96. The van der Waals surface area contributed by atoms with Gasteiger partial charge in [-0.3, -0.25) is 0 Å². The second-order valence-corrected chi connectivity index (χ2v) is 2.96. The highest BCUT2D eigenvalue weighted by Crippen LogP contribution is 2.09. The maximum Gasteiger partial charge on any atom is 0.434 e. The first kappa shape index (κ1) is 10.4. The van der Waals surface area contributed by atoms with Crippen LogP contribution in [0, 0.1) is 10.1 Å². The molecule has 0 unspecified atom stereocenters. The summed E-state index contributed by atoms with van der Waals surface area (Å²) >= 11 is 0. The Hall–Kier alpha value is -1.65. The van der Waals surface area contributed by atoms with Crippen LogP contribution in [0.25, 0.3) is 0 Å². The van der Waals surface area contributed by atoms with Crippen molar-refractivity contribution < 1.29 is 4.92 Å². The fourth-order valence-electron chi connectivity index (χ4n) is 1.22. The second kappa shape index (κ2) is 5.16. The van der Waals surface area contributed by atoms with E-state index >= 15 is 0 Å². The summed E-state index contributed by atoms with van der Waals surface area (Å²) in [5, 5.41) is 10.5. The topological polar surface area (TPSA) is 61.0 Å². The van der Waals surface area contributed by atoms with E-state index in [0.29, 0.717) is 6.54 Å². The molecular weight excluding hydrogens is 182 g/mol. The lowest BCUT2D eigenvalue weighted by molar-refractivity contribution is -0.396. The van der Waals surface area contributed by atoms with Crippen molar-refractivity contribution in [2.45, 2.75) is 25.8 Å². The van der Waals surface area contributed by atoms with E-state index in [1.165, 1.54) is 6.20 Å². The Morgan fingerprint density at radius 1 is 1.64 bits per heavy atom. The molecular formula is C9H13N3O2. The predicted molar refractivity (Wildman–Crippen MR) is 52.9 cm³/mol. The number of unbranched alkanes of at least 4 members (excludes halogenated alkanes) is 2. The Bertz CT molecular complexity index is 320. The van der Waals surface area contributed by atoms with E-state index < -0.39 is 4.92 Å². The van der Waals surface area contributed by atoms with Crippen LogP contribution in [0.1, 0.15) is 19.3 Å². The first-order valence-corrected chi connectivity index (χ1v) is 4.52. The van der Waals surface area contributed by atoms with Crippen LogP contribution in [0.15, 0.2) is 25.0 Å². The molecule has 0 saturated carbocycles. The molecule has 14 heavy (non-hydrogen) atoms. The number of allylic oxidation sites excluding steroid dienone is 1. The summed E-state index contributed by atoms with van der Waals surface area (Å²) in [6.07, 6.45) is 7.78. The molecule has 76 valence electrons. The molecule has 1 heterocycles. The molecule has 0 spiro atoms. The van der Waals surface area contributed by atoms with Crippen LogP contribution in [0.4, 0.5) is 5.95 Å². The first-order valence-electron chi connectivity index (χ1n) is 4.52. The standard InChI is InChI=1S/C9H13N3O2/c1-2-3-4-5-7-11-8-6-10-9(11)12(13)14/h2,6,8H,1,3-5,7H2. The molecule has 5 nitrogen and oxygen atoms in total. The van der Waals surface area contributed by atoms with Crippen molar-refractivity contribution in [3.8, 4) is 0 Å². The van der Waals surface area contributed by atoms with Crippen molar-refractivity contribution in [3.05, 3.63) is 35.2 Å². The molecule has 0 aliphatic heterocycles. The zero-order valence-electron chi connectivity index (χ0n) is 7.93. The molecule has 1 rings (SSSR count). The van der Waals surface area contributed by atoms with E-state index in [1.54, 1.807) is 10.8 Å². The third kappa shape index (κ3) is 2.69. The number of aromatic nitrogens is 2. The number of nitrogens with zero attached hydrogens (tertiary/aromatic N) is 3. The number of hydrogen-bond acceptors (Lipinski definition) is 3. The third-order valence-electron chi connectivity index (χ3n) is 1.91. The molecule has 0 aliphatic rings. The number of imidazole rings is 1. The average Bonchev–Trinajstić information content (AvgIpc) is 2.60. The summed E-state index contributed by atoms with van der Waals surface area (Å²) in [5.41, 5.74) is 0. The smallest absolute Gasteiger partial charge is 0.390 e. The number of aryl methyl sites for hydroxylation is 1. The summed E-state index contributed by atoms with van der Waals surface area (Å²) in [4.78, 5) is 13.7. The lowest BCUT2D eigenvalue weighted by Gasteiger charge is -1.99. The van der Waals surface area contributed by atoms with Gasteiger partial charge >= 0.3 is 5.95 Å². The van der Waals surface area contributed by atoms with Gasteiger partial charge in [-0.05, 0) is 24.2 Å². The number of rotatable bonds is 6. The average molecular weight is 195 g/mol. The van der Waals surface area contributed by atoms with Crippen molar-refractivity contribution in [1.82, 2.24) is 9.55 Å². The summed E-state index contributed by atoms with van der Waals surface area (Å²) in [6, 6.07) is 0. The Morgan fingerprint density at radius 2 is 2.43 bits per heavy atom. The molecule has 0 aromatic carbocycles. The Balaban J connectivity index is 2.45. The lowest BCUT2D eigenvalue weighted by Crippen LogP contribution is -2.02. The van der Waals surface area contributed by atoms with Gasteiger partial charge in [0.2, 0.25) is 0 Å². The summed E-state index contributed by atoms with van der Waals surface area (Å²) < 4.78 is 1.56. The van der Waals surface area contributed by atoms with Gasteiger partial charge in [0.1, 0.15) is 12.4 Å². The highest BCUT2D eigenvalue weighted by molar-refractivity contribution is 5.06. The van der Waals surface area contributed by atoms with Crippen molar-refractivity contribution >= 4 is 5.95 Å². The predicted octanol–water partition coefficient (Wildman–Crippen LogP) is 2.15. The lowest BCUT2D eigenvalue weighted by atomic mass is 10.2. The van der Waals surface area contributed by atoms with Gasteiger partial charge in [0.05, 0.1) is 6.54 Å². The number of hydrogen-bond donors (Lipinski definition) is 0. The van der Waals surface area contributed by atoms with Crippen LogP contribution in [0.5, 0.6) is 0 Å². The molecule has 0 bridgehead atoms. The first-order chi connectivity index (χ1) is 6.75. The Kier molecular flexibility index (Phi) is 3.84. The van der Waals surface area contributed by atoms with Crippen molar-refractivity contribution in [1.29, 1.82) is 0 Å². The van der Waals surface area contributed by atoms with Gasteiger partial charge in [-0.2, -0.15) is 0 Å². The van der Waals surface area contributed by atoms with Crippen molar-refractivity contribution in [3.63, 3.8) is 0 Å². The molecule has 0 aliphatic carbocycles. The normalized spacial score (nSPS) is 10.0. The summed E-state index contributed by atoms with van der Waals surface area (Å²) in [5.74, 6) is -0.0800. The Morgan fingerprint density at radius 3 is 3.07 bits per heavy atom. The van der Waals surface area contributed by atoms with E-state index in [9.17, 15) is 10.1 Å². The van der Waals surface area contributed by atoms with Gasteiger partial charge in [0, 0.05) is 0 Å². The van der Waals surface area contributed by atoms with E-state index in [0.717, 1.165) is 19.3 Å². The fourth-order valence-corrected chi connectivity index (χ4v) is 1.22. The summed E-state index contributed by atoms with van der Waals surface area (Å²) in [7, 11) is 0.